The molecule has 9 nitrogen and oxygen atoms in total. The first-order valence-electron chi connectivity index (χ1n) is 6.53. The van der Waals surface area contributed by atoms with Gasteiger partial charge in [0.1, 0.15) is 0 Å². The van der Waals surface area contributed by atoms with Gasteiger partial charge in [-0.3, -0.25) is 4.79 Å². The van der Waals surface area contributed by atoms with Crippen molar-refractivity contribution in [1.82, 2.24) is 5.32 Å². The molecule has 0 saturated carbocycles. The summed E-state index contributed by atoms with van der Waals surface area (Å²) in [5.41, 5.74) is 0. The van der Waals surface area contributed by atoms with E-state index in [0.717, 1.165) is 31.0 Å². The van der Waals surface area contributed by atoms with Gasteiger partial charge in [0.2, 0.25) is 5.91 Å². The van der Waals surface area contributed by atoms with E-state index in [0.29, 0.717) is 6.42 Å². The number of nitrogens with one attached hydrogen (secondary N) is 1. The maximum absolute atomic E-state index is 11.4. The van der Waals surface area contributed by atoms with E-state index in [1.54, 1.807) is 0 Å². The van der Waals surface area contributed by atoms with E-state index in [1.165, 1.54) is 6.92 Å². The van der Waals surface area contributed by atoms with Gasteiger partial charge < -0.3 is 30.2 Å². The van der Waals surface area contributed by atoms with Crippen LogP contribution >= 0.6 is 23.8 Å². The molecule has 0 heterocycles. The van der Waals surface area contributed by atoms with Gasteiger partial charge in [-0.15, -0.1) is 0 Å². The van der Waals surface area contributed by atoms with Gasteiger partial charge in [0.25, 0.3) is 0 Å². The van der Waals surface area contributed by atoms with Gasteiger partial charge in [-0.2, -0.15) is 0 Å². The van der Waals surface area contributed by atoms with Gasteiger partial charge >= 0.3 is 13.8 Å². The Balaban J connectivity index is 0. The summed E-state index contributed by atoms with van der Waals surface area (Å²) in [6, 6.07) is -1.22. The summed E-state index contributed by atoms with van der Waals surface area (Å²) in [5.74, 6) is -1.54. The van der Waals surface area contributed by atoms with E-state index in [1.807, 2.05) is 0 Å². The van der Waals surface area contributed by atoms with Crippen molar-refractivity contribution in [2.75, 3.05) is 5.33 Å². The fourth-order valence-electron chi connectivity index (χ4n) is 1.37. The number of hydrogen-bond donors (Lipinski definition) is 6. The van der Waals surface area contributed by atoms with Crippen LogP contribution in [0.5, 0.6) is 0 Å². The molecule has 1 amide bonds. The van der Waals surface area contributed by atoms with Gasteiger partial charge in [0, 0.05) is 11.8 Å². The highest BCUT2D eigenvalue weighted by atomic mass is 79.9. The zero-order chi connectivity index (χ0) is 17.8. The predicted octanol–water partition coefficient (Wildman–Crippen LogP) is 0.353. The predicted molar refractivity (Wildman–Crippen MR) is 82.4 cm³/mol. The Morgan fingerprint density at radius 2 is 1.59 bits per heavy atom. The van der Waals surface area contributed by atoms with Crippen molar-refractivity contribution < 1.29 is 39.0 Å². The van der Waals surface area contributed by atoms with Crippen molar-refractivity contribution in [1.29, 1.82) is 0 Å². The first kappa shape index (κ1) is 23.8. The number of carbonyl (C=O) groups excluding carboxylic acids is 1. The van der Waals surface area contributed by atoms with Crippen molar-refractivity contribution in [3.8, 4) is 0 Å². The molecular weight excluding hydrogens is 385 g/mol. The van der Waals surface area contributed by atoms with Crippen LogP contribution < -0.4 is 5.32 Å². The minimum atomic E-state index is -4.64. The van der Waals surface area contributed by atoms with Crippen molar-refractivity contribution in [3.63, 3.8) is 0 Å². The number of amides is 1. The molecule has 11 heteroatoms. The Bertz CT molecular complexity index is 365. The standard InChI is InChI=1S/C11H20BrNO4.H3O4P/c1-8(14)10(11(16)17)13-9(15)6-4-2-3-5-7-12;1-5(2,3)4/h8,10,14H,2-7H2,1H3,(H,13,15)(H,16,17);(H3,1,2,3,4). The van der Waals surface area contributed by atoms with Crippen LogP contribution in [0.1, 0.15) is 39.0 Å². The first-order valence-corrected chi connectivity index (χ1v) is 9.22. The normalized spacial score (nSPS) is 13.5. The lowest BCUT2D eigenvalue weighted by molar-refractivity contribution is -0.144. The van der Waals surface area contributed by atoms with Crippen LogP contribution in [0.2, 0.25) is 0 Å². The van der Waals surface area contributed by atoms with Crippen LogP contribution in [0.4, 0.5) is 0 Å². The van der Waals surface area contributed by atoms with Gasteiger partial charge in [-0.1, -0.05) is 28.8 Å². The fourth-order valence-corrected chi connectivity index (χ4v) is 1.76. The molecule has 0 saturated heterocycles. The lowest BCUT2D eigenvalue weighted by Crippen LogP contribution is -2.47. The lowest BCUT2D eigenvalue weighted by Gasteiger charge is -2.16. The van der Waals surface area contributed by atoms with E-state index in [-0.39, 0.29) is 5.91 Å². The monoisotopic (exact) mass is 407 g/mol. The number of halogens is 1. The molecule has 0 bridgehead atoms. The van der Waals surface area contributed by atoms with E-state index in [4.69, 9.17) is 24.4 Å². The van der Waals surface area contributed by atoms with Crippen LogP contribution in [0.3, 0.4) is 0 Å². The molecule has 0 fully saturated rings. The molecule has 2 unspecified atom stereocenters. The molecule has 0 aliphatic heterocycles. The zero-order valence-corrected chi connectivity index (χ0v) is 14.7. The molecule has 132 valence electrons. The summed E-state index contributed by atoms with van der Waals surface area (Å²) in [6.45, 7) is 1.34. The molecule has 0 aromatic carbocycles. The van der Waals surface area contributed by atoms with Gasteiger partial charge in [-0.25, -0.2) is 9.36 Å². The summed E-state index contributed by atoms with van der Waals surface area (Å²) >= 11 is 3.32. The molecule has 0 rings (SSSR count). The Labute approximate surface area is 137 Å². The average molecular weight is 408 g/mol. The molecule has 0 aromatic heterocycles. The van der Waals surface area contributed by atoms with Crippen molar-refractivity contribution in [2.45, 2.75) is 51.2 Å². The summed E-state index contributed by atoms with van der Waals surface area (Å²) < 4.78 is 8.88. The number of aliphatic hydroxyl groups is 1. The SMILES string of the molecule is CC(O)C(NC(=O)CCCCCCBr)C(=O)O.O=P(O)(O)O. The van der Waals surface area contributed by atoms with Gasteiger partial charge in [0.15, 0.2) is 6.04 Å². The minimum absolute atomic E-state index is 0.304. The molecule has 22 heavy (non-hydrogen) atoms. The van der Waals surface area contributed by atoms with Gasteiger partial charge in [-0.05, 0) is 19.8 Å². The third-order valence-corrected chi connectivity index (χ3v) is 2.91. The third-order valence-electron chi connectivity index (χ3n) is 2.35. The number of alkyl halides is 1. The Morgan fingerprint density at radius 3 is 1.95 bits per heavy atom. The Hall–Kier alpha value is -0.510. The molecule has 6 N–H and O–H groups in total. The number of hydrogen-bond acceptors (Lipinski definition) is 4. The topological polar surface area (TPSA) is 164 Å². The Kier molecular flexibility index (Phi) is 14.0. The number of aliphatic carboxylic acids is 1. The Morgan fingerprint density at radius 1 is 1.14 bits per heavy atom. The van der Waals surface area contributed by atoms with Crippen LogP contribution in [0.25, 0.3) is 0 Å². The number of rotatable bonds is 9. The summed E-state index contributed by atoms with van der Waals surface area (Å²) in [7, 11) is -4.64. The highest BCUT2D eigenvalue weighted by Gasteiger charge is 2.24. The van der Waals surface area contributed by atoms with Crippen LogP contribution in [0.15, 0.2) is 0 Å². The number of carbonyl (C=O) groups is 2. The van der Waals surface area contributed by atoms with Crippen LogP contribution in [-0.4, -0.2) is 54.2 Å². The zero-order valence-electron chi connectivity index (χ0n) is 12.2. The molecule has 0 spiro atoms. The molecule has 0 aliphatic rings. The number of aliphatic hydroxyl groups excluding tert-OH is 1. The number of unbranched alkanes of at least 4 members (excludes halogenated alkanes) is 3. The second-order valence-corrected chi connectivity index (χ2v) is 6.31. The van der Waals surface area contributed by atoms with E-state index >= 15 is 0 Å². The number of phosphoric acid groups is 1. The van der Waals surface area contributed by atoms with Crippen LogP contribution in [0, 0.1) is 0 Å². The first-order chi connectivity index (χ1) is 9.99. The number of carboxylic acid groups (broad SMARTS) is 1. The summed E-state index contributed by atoms with van der Waals surface area (Å²) in [4.78, 5) is 43.7. The van der Waals surface area contributed by atoms with E-state index in [2.05, 4.69) is 21.2 Å². The molecule has 0 aromatic rings. The maximum atomic E-state index is 11.4. The van der Waals surface area contributed by atoms with E-state index < -0.39 is 25.9 Å². The summed E-state index contributed by atoms with van der Waals surface area (Å²) in [5, 5.41) is 21.2. The smallest absolute Gasteiger partial charge is 0.466 e. The van der Waals surface area contributed by atoms with Crippen LogP contribution in [-0.2, 0) is 14.2 Å². The maximum Gasteiger partial charge on any atom is 0.466 e. The summed E-state index contributed by atoms with van der Waals surface area (Å²) in [6.07, 6.45) is 3.03. The molecular formula is C11H23BrNO8P. The second-order valence-electron chi connectivity index (χ2n) is 4.49. The average Bonchev–Trinajstić information content (AvgIpc) is 2.33. The van der Waals surface area contributed by atoms with Crippen molar-refractivity contribution in [2.24, 2.45) is 0 Å². The fraction of sp³-hybridized carbons (Fsp3) is 0.818. The van der Waals surface area contributed by atoms with Crippen molar-refractivity contribution in [3.05, 3.63) is 0 Å². The third kappa shape index (κ3) is 19.5. The largest absolute Gasteiger partial charge is 0.480 e. The quantitative estimate of drug-likeness (QED) is 0.181. The second kappa shape index (κ2) is 13.0. The highest BCUT2D eigenvalue weighted by Crippen LogP contribution is 2.25. The van der Waals surface area contributed by atoms with E-state index in [9.17, 15) is 14.7 Å². The highest BCUT2D eigenvalue weighted by molar-refractivity contribution is 9.09. The number of carboxylic acids is 1. The van der Waals surface area contributed by atoms with Gasteiger partial charge in [0.05, 0.1) is 6.10 Å². The van der Waals surface area contributed by atoms with Crippen molar-refractivity contribution >= 4 is 35.6 Å². The lowest BCUT2D eigenvalue weighted by atomic mass is 10.1. The molecule has 0 radical (unpaired) electrons. The minimum Gasteiger partial charge on any atom is -0.480 e. The molecule has 0 aliphatic carbocycles. The molecule has 2 atom stereocenters.